The lowest BCUT2D eigenvalue weighted by molar-refractivity contribution is -0.137. The van der Waals surface area contributed by atoms with Crippen LogP contribution in [0.4, 0.5) is 0 Å². The molecule has 5 heteroatoms. The highest BCUT2D eigenvalue weighted by molar-refractivity contribution is 6.06. The first-order valence-electron chi connectivity index (χ1n) is 11.3. The van der Waals surface area contributed by atoms with Crippen molar-refractivity contribution in [3.63, 3.8) is 0 Å². The summed E-state index contributed by atoms with van der Waals surface area (Å²) in [4.78, 5) is 35.2. The fourth-order valence-electron chi connectivity index (χ4n) is 4.33. The third kappa shape index (κ3) is 4.12. The molecule has 0 radical (unpaired) electrons. The fourth-order valence-corrected chi connectivity index (χ4v) is 4.33. The van der Waals surface area contributed by atoms with Gasteiger partial charge >= 0.3 is 0 Å². The van der Waals surface area contributed by atoms with Crippen molar-refractivity contribution in [2.45, 2.75) is 39.0 Å². The van der Waals surface area contributed by atoms with Gasteiger partial charge in [0.15, 0.2) is 0 Å². The highest BCUT2D eigenvalue weighted by Crippen LogP contribution is 2.27. The summed E-state index contributed by atoms with van der Waals surface area (Å²) in [5.74, 6) is 0.355. The maximum absolute atomic E-state index is 13.5. The Morgan fingerprint density at radius 3 is 2.12 bits per heavy atom. The Kier molecular flexibility index (Phi) is 6.00. The van der Waals surface area contributed by atoms with Crippen LogP contribution in [0.15, 0.2) is 60.7 Å². The van der Waals surface area contributed by atoms with Crippen molar-refractivity contribution >= 4 is 22.7 Å². The van der Waals surface area contributed by atoms with Gasteiger partial charge in [0, 0.05) is 37.3 Å². The number of rotatable bonds is 4. The number of nitrogens with zero attached hydrogens (tertiary/aromatic N) is 3. The first-order chi connectivity index (χ1) is 15.3. The van der Waals surface area contributed by atoms with E-state index in [-0.39, 0.29) is 17.7 Å². The number of aromatic nitrogens is 1. The van der Waals surface area contributed by atoms with E-state index >= 15 is 0 Å². The van der Waals surface area contributed by atoms with Crippen LogP contribution in [0.3, 0.4) is 0 Å². The number of hydrogen-bond donors (Lipinski definition) is 0. The normalized spacial score (nSPS) is 14.8. The Labute approximate surface area is 190 Å². The maximum atomic E-state index is 13.5. The van der Waals surface area contributed by atoms with Crippen molar-refractivity contribution < 1.29 is 9.59 Å². The third-order valence-electron chi connectivity index (χ3n) is 6.44. The van der Waals surface area contributed by atoms with E-state index in [1.807, 2.05) is 84.3 Å². The van der Waals surface area contributed by atoms with Crippen LogP contribution < -0.4 is 0 Å². The van der Waals surface area contributed by atoms with E-state index in [1.165, 1.54) is 0 Å². The second-order valence-corrected chi connectivity index (χ2v) is 9.34. The van der Waals surface area contributed by atoms with Crippen molar-refractivity contribution in [2.24, 2.45) is 0 Å². The molecule has 0 atom stereocenters. The average molecular weight is 430 g/mol. The standard InChI is InChI=1S/C27H31N3O2/c1-19(2)24-18-22(21-12-8-9-13-23(21)28-24)25(31)29-14-16-30(17-15-29)26(32)27(3,4)20-10-6-5-7-11-20/h5-13,18-19H,14-17H2,1-4H3. The van der Waals surface area contributed by atoms with Crippen molar-refractivity contribution in [1.82, 2.24) is 14.8 Å². The van der Waals surface area contributed by atoms with Crippen molar-refractivity contribution in [2.75, 3.05) is 26.2 Å². The molecule has 5 nitrogen and oxygen atoms in total. The molecule has 2 aromatic carbocycles. The molecular formula is C27H31N3O2. The maximum Gasteiger partial charge on any atom is 0.254 e. The van der Waals surface area contributed by atoms with Gasteiger partial charge in [-0.15, -0.1) is 0 Å². The van der Waals surface area contributed by atoms with Gasteiger partial charge < -0.3 is 9.80 Å². The number of fused-ring (bicyclic) bond motifs is 1. The van der Waals surface area contributed by atoms with Gasteiger partial charge in [0.2, 0.25) is 5.91 Å². The van der Waals surface area contributed by atoms with Crippen LogP contribution in [0.5, 0.6) is 0 Å². The van der Waals surface area contributed by atoms with Gasteiger partial charge in [0.05, 0.1) is 16.5 Å². The summed E-state index contributed by atoms with van der Waals surface area (Å²) >= 11 is 0. The van der Waals surface area contributed by atoms with Gasteiger partial charge in [0.1, 0.15) is 0 Å². The topological polar surface area (TPSA) is 53.5 Å². The molecule has 1 aliphatic rings. The minimum atomic E-state index is -0.596. The summed E-state index contributed by atoms with van der Waals surface area (Å²) in [6, 6.07) is 19.6. The zero-order valence-electron chi connectivity index (χ0n) is 19.3. The monoisotopic (exact) mass is 429 g/mol. The Hall–Kier alpha value is -3.21. The molecule has 1 aliphatic heterocycles. The number of para-hydroxylation sites is 1. The van der Waals surface area contributed by atoms with Crippen LogP contribution >= 0.6 is 0 Å². The van der Waals surface area contributed by atoms with E-state index in [1.54, 1.807) is 0 Å². The van der Waals surface area contributed by atoms with E-state index in [0.717, 1.165) is 22.2 Å². The molecule has 2 heterocycles. The minimum Gasteiger partial charge on any atom is -0.338 e. The molecule has 1 aromatic heterocycles. The third-order valence-corrected chi connectivity index (χ3v) is 6.44. The zero-order chi connectivity index (χ0) is 22.9. The molecule has 3 aromatic rings. The summed E-state index contributed by atoms with van der Waals surface area (Å²) in [5, 5.41) is 0.880. The first-order valence-corrected chi connectivity index (χ1v) is 11.3. The van der Waals surface area contributed by atoms with Gasteiger partial charge in [0.25, 0.3) is 5.91 Å². The van der Waals surface area contributed by atoms with E-state index in [9.17, 15) is 9.59 Å². The molecule has 0 N–H and O–H groups in total. The van der Waals surface area contributed by atoms with E-state index in [2.05, 4.69) is 13.8 Å². The largest absolute Gasteiger partial charge is 0.338 e. The number of pyridine rings is 1. The summed E-state index contributed by atoms with van der Waals surface area (Å²) < 4.78 is 0. The van der Waals surface area contributed by atoms with Crippen LogP contribution in [-0.4, -0.2) is 52.8 Å². The summed E-state index contributed by atoms with van der Waals surface area (Å²) in [7, 11) is 0. The van der Waals surface area contributed by atoms with Crippen molar-refractivity contribution in [1.29, 1.82) is 0 Å². The number of benzene rings is 2. The molecule has 0 saturated carbocycles. The van der Waals surface area contributed by atoms with Crippen LogP contribution in [0.2, 0.25) is 0 Å². The molecule has 166 valence electrons. The molecule has 2 amide bonds. The minimum absolute atomic E-state index is 0.0138. The molecule has 0 aliphatic carbocycles. The fraction of sp³-hybridized carbons (Fsp3) is 0.370. The molecular weight excluding hydrogens is 398 g/mol. The van der Waals surface area contributed by atoms with Gasteiger partial charge in [-0.1, -0.05) is 62.4 Å². The van der Waals surface area contributed by atoms with E-state index in [0.29, 0.717) is 31.7 Å². The summed E-state index contributed by atoms with van der Waals surface area (Å²) in [6.07, 6.45) is 0. The zero-order valence-corrected chi connectivity index (χ0v) is 19.3. The lowest BCUT2D eigenvalue weighted by Gasteiger charge is -2.39. The molecule has 4 rings (SSSR count). The number of carbonyl (C=O) groups is 2. The van der Waals surface area contributed by atoms with Crippen molar-refractivity contribution in [3.05, 3.63) is 77.5 Å². The SMILES string of the molecule is CC(C)c1cc(C(=O)N2CCN(C(=O)C(C)(C)c3ccccc3)CC2)c2ccccc2n1. The quantitative estimate of drug-likeness (QED) is 0.608. The molecule has 32 heavy (non-hydrogen) atoms. The van der Waals surface area contributed by atoms with Crippen LogP contribution in [0.1, 0.15) is 55.2 Å². The van der Waals surface area contributed by atoms with Crippen LogP contribution in [0, 0.1) is 0 Å². The molecule has 0 bridgehead atoms. The highest BCUT2D eigenvalue weighted by atomic mass is 16.2. The predicted octanol–water partition coefficient (Wildman–Crippen LogP) is 4.62. The van der Waals surface area contributed by atoms with Gasteiger partial charge in [-0.2, -0.15) is 0 Å². The number of carbonyl (C=O) groups excluding carboxylic acids is 2. The van der Waals surface area contributed by atoms with E-state index < -0.39 is 5.41 Å². The average Bonchev–Trinajstić information content (AvgIpc) is 2.83. The number of hydrogen-bond acceptors (Lipinski definition) is 3. The van der Waals surface area contributed by atoms with E-state index in [4.69, 9.17) is 4.98 Å². The Morgan fingerprint density at radius 1 is 0.875 bits per heavy atom. The van der Waals surface area contributed by atoms with Gasteiger partial charge in [-0.25, -0.2) is 0 Å². The predicted molar refractivity (Wildman–Crippen MR) is 128 cm³/mol. The van der Waals surface area contributed by atoms with Crippen LogP contribution in [0.25, 0.3) is 10.9 Å². The lowest BCUT2D eigenvalue weighted by Crippen LogP contribution is -2.54. The second-order valence-electron chi connectivity index (χ2n) is 9.34. The highest BCUT2D eigenvalue weighted by Gasteiger charge is 2.36. The summed E-state index contributed by atoms with van der Waals surface area (Å²) in [5.41, 5.74) is 2.88. The number of piperazine rings is 1. The van der Waals surface area contributed by atoms with Crippen LogP contribution in [-0.2, 0) is 10.2 Å². The number of amides is 2. The smallest absolute Gasteiger partial charge is 0.254 e. The van der Waals surface area contributed by atoms with Gasteiger partial charge in [-0.3, -0.25) is 14.6 Å². The Balaban J connectivity index is 1.52. The molecule has 1 fully saturated rings. The second kappa shape index (κ2) is 8.73. The Morgan fingerprint density at radius 2 is 1.47 bits per heavy atom. The molecule has 0 spiro atoms. The molecule has 0 unspecified atom stereocenters. The first kappa shape index (κ1) is 22.0. The summed E-state index contributed by atoms with van der Waals surface area (Å²) in [6.45, 7) is 10.3. The molecule has 1 saturated heterocycles. The van der Waals surface area contributed by atoms with Crippen molar-refractivity contribution in [3.8, 4) is 0 Å². The van der Waals surface area contributed by atoms with Gasteiger partial charge in [-0.05, 0) is 37.5 Å². The lowest BCUT2D eigenvalue weighted by atomic mass is 9.83. The Bertz CT molecular complexity index is 1130.